The van der Waals surface area contributed by atoms with Crippen LogP contribution in [0.3, 0.4) is 0 Å². The van der Waals surface area contributed by atoms with E-state index in [2.05, 4.69) is 94.7 Å². The number of hydrogen-bond donors (Lipinski definition) is 0. The van der Waals surface area contributed by atoms with E-state index in [0.29, 0.717) is 63.0 Å². The second-order valence-corrected chi connectivity index (χ2v) is 15.6. The van der Waals surface area contributed by atoms with Gasteiger partial charge in [0.25, 0.3) is 0 Å². The van der Waals surface area contributed by atoms with Gasteiger partial charge in [0, 0.05) is 59.7 Å². The molecule has 0 fully saturated rings. The molecule has 0 amide bonds. The number of fused-ring (bicyclic) bond motifs is 6. The predicted octanol–water partition coefficient (Wildman–Crippen LogP) is 14.9. The second-order valence-electron chi connectivity index (χ2n) is 15.6. The maximum absolute atomic E-state index is 8.70. The molecule has 5 aliphatic rings. The van der Waals surface area contributed by atoms with Crippen LogP contribution in [-0.4, -0.2) is 16.2 Å². The first-order valence-electron chi connectivity index (χ1n) is 23.5. The zero-order chi connectivity index (χ0) is 46.3. The molecule has 0 radical (unpaired) electrons. The van der Waals surface area contributed by atoms with Crippen molar-refractivity contribution in [3.05, 3.63) is 205 Å². The van der Waals surface area contributed by atoms with E-state index in [-0.39, 0.29) is 11.1 Å². The molecule has 0 N–H and O–H groups in total. The van der Waals surface area contributed by atoms with Crippen molar-refractivity contribution < 1.29 is 17.7 Å². The van der Waals surface area contributed by atoms with Gasteiger partial charge < -0.3 is 19.3 Å². The summed E-state index contributed by atoms with van der Waals surface area (Å²) in [4.78, 5) is 9.58. The minimum atomic E-state index is -2.51. The van der Waals surface area contributed by atoms with E-state index in [1.165, 1.54) is 0 Å². The van der Waals surface area contributed by atoms with Crippen molar-refractivity contribution in [1.29, 1.82) is 0 Å². The zero-order valence-electron chi connectivity index (χ0n) is 39.3. The number of pyridine rings is 1. The number of aromatic nitrogens is 2. The number of anilines is 4. The Hall–Kier alpha value is -8.09. The van der Waals surface area contributed by atoms with Crippen molar-refractivity contribution in [2.24, 2.45) is 0 Å². The summed E-state index contributed by atoms with van der Waals surface area (Å²) in [6, 6.07) is 61.2. The molecule has 0 aliphatic carbocycles. The highest BCUT2D eigenvalue weighted by molar-refractivity contribution is 6.10. The van der Waals surface area contributed by atoms with Gasteiger partial charge in [-0.25, -0.2) is 4.98 Å². The van der Waals surface area contributed by atoms with E-state index in [1.54, 1.807) is 30.5 Å². The molecule has 0 saturated heterocycles. The first-order valence-corrected chi connectivity index (χ1v) is 20.5. The smallest absolute Gasteiger partial charge is 0.137 e. The van der Waals surface area contributed by atoms with Crippen LogP contribution in [0.1, 0.15) is 19.4 Å². The van der Waals surface area contributed by atoms with Crippen LogP contribution in [0.25, 0.3) is 61.0 Å². The molecule has 6 heteroatoms. The molecule has 62 heavy (non-hydrogen) atoms. The van der Waals surface area contributed by atoms with Crippen molar-refractivity contribution >= 4 is 44.6 Å². The van der Waals surface area contributed by atoms with Crippen molar-refractivity contribution in [2.75, 3.05) is 16.5 Å². The lowest BCUT2D eigenvalue weighted by Gasteiger charge is -2.27. The van der Waals surface area contributed by atoms with Gasteiger partial charge in [-0.05, 0) is 115 Å². The third kappa shape index (κ3) is 5.99. The summed E-state index contributed by atoms with van der Waals surface area (Å²) < 4.78 is 65.7. The maximum atomic E-state index is 8.70. The monoisotopic (exact) mass is 806 g/mol. The Labute approximate surface area is 368 Å². The third-order valence-electron chi connectivity index (χ3n) is 11.9. The lowest BCUT2D eigenvalue weighted by atomic mass is 9.95. The highest BCUT2D eigenvalue weighted by Crippen LogP contribution is 2.50. The number of nitrogens with zero attached hydrogens (tertiary/aromatic N) is 4. The molecular weight excluding hydrogens is 761 g/mol. The van der Waals surface area contributed by atoms with Crippen LogP contribution >= 0.6 is 0 Å². The molecule has 5 aliphatic heterocycles. The Morgan fingerprint density at radius 3 is 1.90 bits per heavy atom. The quantitative estimate of drug-likeness (QED) is 0.165. The minimum Gasteiger partial charge on any atom is -0.457 e. The van der Waals surface area contributed by atoms with Gasteiger partial charge in [0.2, 0.25) is 0 Å². The SMILES string of the molecule is [2H]C([2H])([2H])c1ccc2c(c1)c1ccc3cc1n2-c1cc(C([2H])([2H])[2H])c(cn1)-c1ccc(cc1)Oc1ccc(cc1)-c1cccc(-c2ccccc2)c1N1CN(c2cccc(c2)O3)c2ccccc21. The fraction of sp³-hybridized carbons (Fsp3) is 0.0536. The van der Waals surface area contributed by atoms with Crippen molar-refractivity contribution in [3.8, 4) is 62.2 Å². The Morgan fingerprint density at radius 2 is 1.15 bits per heavy atom. The van der Waals surface area contributed by atoms with Crippen LogP contribution in [0, 0.1) is 13.7 Å². The second kappa shape index (κ2) is 14.3. The standard InChI is InChI=1S/C56H40N4O2/c1-36-18-29-51-49(30-36)48-28-27-45-33-54(48)60(51)55-31-37(2)50(34-57-55)40-21-25-43(26-22-40)61-42-23-19-39(20-24-42)47-15-9-14-46(38-10-4-3-5-11-38)56(47)59-35-58(52-16-6-7-17-53(52)59)41-12-8-13-44(32-41)62-45/h3-34H,35H2,1-2H3/i1D3,2D3. The number of rotatable bonds is 1. The summed E-state index contributed by atoms with van der Waals surface area (Å²) in [5, 5.41) is 1.45. The molecule has 6 nitrogen and oxygen atoms in total. The topological polar surface area (TPSA) is 42.8 Å². The Bertz CT molecular complexity index is 3590. The van der Waals surface area contributed by atoms with Gasteiger partial charge in [-0.3, -0.25) is 4.57 Å². The first-order chi connectivity index (χ1) is 32.9. The maximum Gasteiger partial charge on any atom is 0.137 e. The van der Waals surface area contributed by atoms with Gasteiger partial charge in [0.1, 0.15) is 35.5 Å². The van der Waals surface area contributed by atoms with E-state index in [1.807, 2.05) is 83.4 Å². The highest BCUT2D eigenvalue weighted by Gasteiger charge is 2.31. The van der Waals surface area contributed by atoms with Gasteiger partial charge in [0.15, 0.2) is 0 Å². The summed E-state index contributed by atoms with van der Waals surface area (Å²) in [5.41, 5.74) is 11.2. The number of para-hydroxylation sites is 3. The number of hydrogen-bond acceptors (Lipinski definition) is 5. The summed E-state index contributed by atoms with van der Waals surface area (Å²) >= 11 is 0. The lowest BCUT2D eigenvalue weighted by molar-refractivity contribution is 0.482. The Kier molecular flexibility index (Phi) is 6.91. The highest BCUT2D eigenvalue weighted by atomic mass is 16.5. The van der Waals surface area contributed by atoms with Crippen LogP contribution in [0.4, 0.5) is 22.7 Å². The Balaban J connectivity index is 1.06. The van der Waals surface area contributed by atoms with E-state index >= 15 is 0 Å². The zero-order valence-corrected chi connectivity index (χ0v) is 33.3. The molecule has 2 aromatic heterocycles. The van der Waals surface area contributed by atoms with Crippen LogP contribution in [0.2, 0.25) is 0 Å². The van der Waals surface area contributed by atoms with Crippen molar-refractivity contribution in [2.45, 2.75) is 13.7 Å². The fourth-order valence-corrected chi connectivity index (χ4v) is 9.04. The van der Waals surface area contributed by atoms with Gasteiger partial charge in [-0.15, -0.1) is 0 Å². The molecule has 8 aromatic carbocycles. The molecule has 10 aromatic rings. The number of benzene rings is 8. The third-order valence-corrected chi connectivity index (χ3v) is 11.9. The summed E-state index contributed by atoms with van der Waals surface area (Å²) in [5.74, 6) is 2.74. The lowest BCUT2D eigenvalue weighted by Crippen LogP contribution is -2.24. The van der Waals surface area contributed by atoms with Gasteiger partial charge in [-0.2, -0.15) is 0 Å². The van der Waals surface area contributed by atoms with E-state index in [0.717, 1.165) is 50.4 Å². The van der Waals surface area contributed by atoms with E-state index in [4.69, 9.17) is 22.7 Å². The van der Waals surface area contributed by atoms with Crippen LogP contribution in [0.5, 0.6) is 23.0 Å². The van der Waals surface area contributed by atoms with Crippen LogP contribution in [0.15, 0.2) is 194 Å². The van der Waals surface area contributed by atoms with Gasteiger partial charge in [-0.1, -0.05) is 103 Å². The van der Waals surface area contributed by atoms with Crippen LogP contribution in [-0.2, 0) is 0 Å². The van der Waals surface area contributed by atoms with Crippen LogP contribution < -0.4 is 19.3 Å². The summed E-state index contributed by atoms with van der Waals surface area (Å²) in [6.45, 7) is -4.33. The minimum absolute atomic E-state index is 0.115. The molecule has 12 bridgehead atoms. The number of ether oxygens (including phenoxy) is 2. The Morgan fingerprint density at radius 1 is 0.484 bits per heavy atom. The van der Waals surface area contributed by atoms with Gasteiger partial charge >= 0.3 is 0 Å². The molecule has 15 rings (SSSR count). The summed E-state index contributed by atoms with van der Waals surface area (Å²) in [6.07, 6.45) is 1.59. The van der Waals surface area contributed by atoms with Crippen molar-refractivity contribution in [3.63, 3.8) is 0 Å². The average molecular weight is 807 g/mol. The summed E-state index contributed by atoms with van der Waals surface area (Å²) in [7, 11) is 0. The van der Waals surface area contributed by atoms with Crippen molar-refractivity contribution in [1.82, 2.24) is 9.55 Å². The van der Waals surface area contributed by atoms with Gasteiger partial charge in [0.05, 0.1) is 28.1 Å². The molecule has 7 heterocycles. The average Bonchev–Trinajstić information content (AvgIpc) is 3.89. The fourth-order valence-electron chi connectivity index (χ4n) is 9.04. The van der Waals surface area contributed by atoms with E-state index < -0.39 is 13.7 Å². The molecule has 296 valence electrons. The van der Waals surface area contributed by atoms with E-state index in [9.17, 15) is 0 Å². The normalized spacial score (nSPS) is 14.6. The molecule has 0 saturated carbocycles. The molecule has 0 atom stereocenters. The predicted molar refractivity (Wildman–Crippen MR) is 253 cm³/mol. The number of aryl methyl sites for hydroxylation is 2. The first kappa shape index (κ1) is 30.0. The molecule has 0 unspecified atom stereocenters. The molecular formula is C56H40N4O2. The largest absolute Gasteiger partial charge is 0.457 e. The molecule has 0 spiro atoms.